The molecular formula is C34H27N3O. The molecule has 4 aromatic carbocycles. The third kappa shape index (κ3) is 4.27. The maximum Gasteiger partial charge on any atom is 0.139 e. The van der Waals surface area contributed by atoms with E-state index in [2.05, 4.69) is 77.8 Å². The van der Waals surface area contributed by atoms with Gasteiger partial charge in [0, 0.05) is 31.2 Å². The average molecular weight is 494 g/mol. The number of aromatic nitrogens is 3. The third-order valence-corrected chi connectivity index (χ3v) is 6.88. The van der Waals surface area contributed by atoms with Crippen LogP contribution in [0.4, 0.5) is 0 Å². The van der Waals surface area contributed by atoms with Crippen molar-refractivity contribution in [3.63, 3.8) is 0 Å². The summed E-state index contributed by atoms with van der Waals surface area (Å²) in [5, 5.41) is 0. The van der Waals surface area contributed by atoms with Gasteiger partial charge >= 0.3 is 0 Å². The molecule has 0 aliphatic heterocycles. The van der Waals surface area contributed by atoms with Crippen LogP contribution in [0.1, 0.15) is 22.4 Å². The molecule has 184 valence electrons. The van der Waals surface area contributed by atoms with Gasteiger partial charge < -0.3 is 9.30 Å². The van der Waals surface area contributed by atoms with Gasteiger partial charge in [-0.2, -0.15) is 0 Å². The topological polar surface area (TPSA) is 39.9 Å². The molecule has 0 saturated carbocycles. The number of ether oxygens (including phenoxy) is 1. The predicted molar refractivity (Wildman–Crippen MR) is 151 cm³/mol. The fourth-order valence-corrected chi connectivity index (χ4v) is 5.18. The van der Waals surface area contributed by atoms with Crippen molar-refractivity contribution in [2.24, 2.45) is 7.05 Å². The van der Waals surface area contributed by atoms with Crippen molar-refractivity contribution in [3.05, 3.63) is 168 Å². The number of hydrogen-bond donors (Lipinski definition) is 0. The molecule has 0 radical (unpaired) electrons. The van der Waals surface area contributed by atoms with E-state index in [-0.39, 0.29) is 0 Å². The van der Waals surface area contributed by atoms with Gasteiger partial charge in [0.05, 0.1) is 11.1 Å². The highest BCUT2D eigenvalue weighted by atomic mass is 16.5. The van der Waals surface area contributed by atoms with Gasteiger partial charge in [0.25, 0.3) is 0 Å². The van der Waals surface area contributed by atoms with Crippen molar-refractivity contribution in [2.75, 3.05) is 0 Å². The molecular weight excluding hydrogens is 466 g/mol. The van der Waals surface area contributed by atoms with E-state index in [1.807, 2.05) is 78.6 Å². The molecule has 0 amide bonds. The minimum absolute atomic E-state index is 0.627. The van der Waals surface area contributed by atoms with Gasteiger partial charge in [-0.1, -0.05) is 91.0 Å². The smallest absolute Gasteiger partial charge is 0.139 e. The molecule has 0 atom stereocenters. The summed E-state index contributed by atoms with van der Waals surface area (Å²) < 4.78 is 8.44. The number of imidazole rings is 1. The summed E-state index contributed by atoms with van der Waals surface area (Å²) in [6.45, 7) is 0. The van der Waals surface area contributed by atoms with Crippen molar-refractivity contribution in [1.82, 2.24) is 14.5 Å². The molecule has 0 unspecified atom stereocenters. The molecule has 2 heterocycles. The Morgan fingerprint density at radius 2 is 1.21 bits per heavy atom. The maximum atomic E-state index is 6.44. The molecule has 6 aromatic rings. The Balaban J connectivity index is 1.50. The molecule has 0 N–H and O–H groups in total. The van der Waals surface area contributed by atoms with Crippen molar-refractivity contribution in [2.45, 2.75) is 5.41 Å². The second-order valence-corrected chi connectivity index (χ2v) is 9.22. The number of nitrogens with zero attached hydrogens (tertiary/aromatic N) is 3. The Bertz CT molecular complexity index is 1550. The highest BCUT2D eigenvalue weighted by Crippen LogP contribution is 2.45. The Morgan fingerprint density at radius 3 is 1.84 bits per heavy atom. The summed E-state index contributed by atoms with van der Waals surface area (Å²) in [5.41, 5.74) is 4.68. The van der Waals surface area contributed by atoms with Gasteiger partial charge in [-0.05, 0) is 53.1 Å². The van der Waals surface area contributed by atoms with Crippen molar-refractivity contribution in [3.8, 4) is 22.9 Å². The number of aryl methyl sites for hydroxylation is 1. The molecule has 0 saturated heterocycles. The van der Waals surface area contributed by atoms with E-state index in [0.717, 1.165) is 45.3 Å². The maximum absolute atomic E-state index is 6.44. The first kappa shape index (κ1) is 23.4. The van der Waals surface area contributed by atoms with E-state index in [1.54, 1.807) is 6.20 Å². The zero-order valence-electron chi connectivity index (χ0n) is 21.1. The Morgan fingerprint density at radius 1 is 0.579 bits per heavy atom. The zero-order valence-corrected chi connectivity index (χ0v) is 21.1. The van der Waals surface area contributed by atoms with Crippen LogP contribution in [0.2, 0.25) is 0 Å². The van der Waals surface area contributed by atoms with Crippen LogP contribution in [0.25, 0.3) is 11.4 Å². The second kappa shape index (κ2) is 10.2. The lowest BCUT2D eigenvalue weighted by Gasteiger charge is -2.35. The number of rotatable bonds is 7. The number of benzene rings is 4. The van der Waals surface area contributed by atoms with Crippen LogP contribution in [0.3, 0.4) is 0 Å². The molecule has 0 spiro atoms. The standard InChI is InChI=1S/C34H27N3O/c1-37-23-22-36-33(37)26-12-10-18-30(24-26)38-31-19-11-17-29(25-31)34(27-13-4-2-5-14-27,28-15-6-3-7-16-28)32-20-8-9-21-35-32/h2-25H,1H3. The first-order valence-corrected chi connectivity index (χ1v) is 12.6. The number of hydrogen-bond acceptors (Lipinski definition) is 3. The first-order valence-electron chi connectivity index (χ1n) is 12.6. The fraction of sp³-hybridized carbons (Fsp3) is 0.0588. The van der Waals surface area contributed by atoms with Crippen LogP contribution in [0.15, 0.2) is 146 Å². The Hall–Kier alpha value is -4.96. The van der Waals surface area contributed by atoms with E-state index in [0.29, 0.717) is 0 Å². The van der Waals surface area contributed by atoms with Crippen LogP contribution in [0, 0.1) is 0 Å². The fourth-order valence-electron chi connectivity index (χ4n) is 5.18. The van der Waals surface area contributed by atoms with Crippen molar-refractivity contribution < 1.29 is 4.74 Å². The molecule has 38 heavy (non-hydrogen) atoms. The summed E-state index contributed by atoms with van der Waals surface area (Å²) in [5.74, 6) is 2.41. The lowest BCUT2D eigenvalue weighted by atomic mass is 9.67. The zero-order chi connectivity index (χ0) is 25.8. The van der Waals surface area contributed by atoms with Gasteiger partial charge in [-0.3, -0.25) is 4.98 Å². The van der Waals surface area contributed by atoms with Crippen molar-refractivity contribution >= 4 is 0 Å². The van der Waals surface area contributed by atoms with Gasteiger partial charge in [0.1, 0.15) is 17.3 Å². The molecule has 6 rings (SSSR count). The van der Waals surface area contributed by atoms with Gasteiger partial charge in [-0.25, -0.2) is 4.98 Å². The Kier molecular flexibility index (Phi) is 6.29. The first-order chi connectivity index (χ1) is 18.7. The lowest BCUT2D eigenvalue weighted by Crippen LogP contribution is -2.32. The largest absolute Gasteiger partial charge is 0.457 e. The van der Waals surface area contributed by atoms with Gasteiger partial charge in [0.2, 0.25) is 0 Å². The SMILES string of the molecule is Cn1ccnc1-c1cccc(Oc2cccc(C(c3ccccc3)(c3ccccc3)c3ccccn3)c2)c1. The molecule has 4 nitrogen and oxygen atoms in total. The second-order valence-electron chi connectivity index (χ2n) is 9.22. The van der Waals surface area contributed by atoms with Crippen LogP contribution in [-0.4, -0.2) is 14.5 Å². The summed E-state index contributed by atoms with van der Waals surface area (Å²) >= 11 is 0. The van der Waals surface area contributed by atoms with Crippen LogP contribution < -0.4 is 4.74 Å². The highest BCUT2D eigenvalue weighted by molar-refractivity contribution is 5.60. The predicted octanol–water partition coefficient (Wildman–Crippen LogP) is 7.66. The molecule has 0 bridgehead atoms. The summed E-state index contributed by atoms with van der Waals surface area (Å²) in [7, 11) is 1.99. The Labute approximate surface area is 222 Å². The van der Waals surface area contributed by atoms with Gasteiger partial charge in [0.15, 0.2) is 0 Å². The van der Waals surface area contributed by atoms with E-state index < -0.39 is 5.41 Å². The molecule has 4 heteroatoms. The third-order valence-electron chi connectivity index (χ3n) is 6.88. The van der Waals surface area contributed by atoms with E-state index >= 15 is 0 Å². The average Bonchev–Trinajstić information content (AvgIpc) is 3.41. The molecule has 0 aliphatic rings. The molecule has 0 fully saturated rings. The van der Waals surface area contributed by atoms with Crippen LogP contribution in [0.5, 0.6) is 11.5 Å². The van der Waals surface area contributed by atoms with E-state index in [9.17, 15) is 0 Å². The summed E-state index contributed by atoms with van der Waals surface area (Å²) in [4.78, 5) is 9.37. The summed E-state index contributed by atoms with van der Waals surface area (Å²) in [6.07, 6.45) is 5.60. The van der Waals surface area contributed by atoms with E-state index in [1.165, 1.54) is 0 Å². The lowest BCUT2D eigenvalue weighted by molar-refractivity contribution is 0.481. The summed E-state index contributed by atoms with van der Waals surface area (Å²) in [6, 6.07) is 43.6. The minimum atomic E-state index is -0.627. The monoisotopic (exact) mass is 493 g/mol. The number of pyridine rings is 1. The van der Waals surface area contributed by atoms with E-state index in [4.69, 9.17) is 9.72 Å². The normalized spacial score (nSPS) is 11.3. The molecule has 2 aromatic heterocycles. The van der Waals surface area contributed by atoms with Crippen LogP contribution >= 0.6 is 0 Å². The van der Waals surface area contributed by atoms with Gasteiger partial charge in [-0.15, -0.1) is 0 Å². The quantitative estimate of drug-likeness (QED) is 0.214. The molecule has 0 aliphatic carbocycles. The van der Waals surface area contributed by atoms with Crippen molar-refractivity contribution in [1.29, 1.82) is 0 Å². The highest BCUT2D eigenvalue weighted by Gasteiger charge is 2.39. The minimum Gasteiger partial charge on any atom is -0.457 e. The van der Waals surface area contributed by atoms with Crippen LogP contribution in [-0.2, 0) is 12.5 Å².